The largest absolute Gasteiger partial charge is 0.466 e. The second-order valence-electron chi connectivity index (χ2n) is 6.06. The first kappa shape index (κ1) is 15.8. The van der Waals surface area contributed by atoms with Gasteiger partial charge in [-0.25, -0.2) is 4.79 Å². The van der Waals surface area contributed by atoms with E-state index in [1.165, 1.54) is 0 Å². The third-order valence-corrected chi connectivity index (χ3v) is 3.24. The summed E-state index contributed by atoms with van der Waals surface area (Å²) in [6, 6.07) is 0. The third-order valence-electron chi connectivity index (χ3n) is 3.24. The van der Waals surface area contributed by atoms with Crippen LogP contribution in [0.25, 0.3) is 0 Å². The summed E-state index contributed by atoms with van der Waals surface area (Å²) in [6.07, 6.45) is 3.04. The van der Waals surface area contributed by atoms with Gasteiger partial charge in [-0.1, -0.05) is 12.8 Å². The highest BCUT2D eigenvalue weighted by molar-refractivity contribution is 5.78. The van der Waals surface area contributed by atoms with Crippen LogP contribution in [0.2, 0.25) is 0 Å². The molecule has 0 heterocycles. The Labute approximate surface area is 115 Å². The number of ether oxygens (including phenoxy) is 2. The standard InChI is InChI=1S/C14H25NO4/c1-5-18-11(16)14(8-6-7-9-14)10-15-12(17)19-13(2,3)4/h5-10H2,1-4H3,(H,15,17). The van der Waals surface area contributed by atoms with Crippen molar-refractivity contribution in [1.29, 1.82) is 0 Å². The molecule has 1 aliphatic rings. The van der Waals surface area contributed by atoms with Crippen LogP contribution in [0.3, 0.4) is 0 Å². The van der Waals surface area contributed by atoms with Gasteiger partial charge in [-0.15, -0.1) is 0 Å². The van der Waals surface area contributed by atoms with E-state index in [2.05, 4.69) is 5.32 Å². The van der Waals surface area contributed by atoms with Crippen molar-refractivity contribution in [1.82, 2.24) is 5.32 Å². The van der Waals surface area contributed by atoms with Gasteiger partial charge in [-0.3, -0.25) is 4.79 Å². The first-order chi connectivity index (χ1) is 8.79. The molecule has 1 aliphatic carbocycles. The molecule has 1 saturated carbocycles. The van der Waals surface area contributed by atoms with Gasteiger partial charge in [0.05, 0.1) is 12.0 Å². The normalized spacial score (nSPS) is 17.9. The maximum atomic E-state index is 12.1. The van der Waals surface area contributed by atoms with Crippen molar-refractivity contribution in [2.45, 2.75) is 59.0 Å². The average Bonchev–Trinajstić information content (AvgIpc) is 2.74. The predicted molar refractivity (Wildman–Crippen MR) is 71.8 cm³/mol. The molecule has 0 radical (unpaired) electrons. The van der Waals surface area contributed by atoms with Crippen molar-refractivity contribution >= 4 is 12.1 Å². The van der Waals surface area contributed by atoms with E-state index in [0.29, 0.717) is 13.2 Å². The molecule has 0 unspecified atom stereocenters. The zero-order valence-corrected chi connectivity index (χ0v) is 12.4. The highest BCUT2D eigenvalue weighted by Gasteiger charge is 2.42. The van der Waals surface area contributed by atoms with E-state index in [0.717, 1.165) is 25.7 Å². The van der Waals surface area contributed by atoms with E-state index in [1.807, 2.05) is 20.8 Å². The minimum Gasteiger partial charge on any atom is -0.466 e. The zero-order chi connectivity index (χ0) is 14.5. The molecule has 0 spiro atoms. The summed E-state index contributed by atoms with van der Waals surface area (Å²) in [4.78, 5) is 23.7. The highest BCUT2D eigenvalue weighted by Crippen LogP contribution is 2.38. The topological polar surface area (TPSA) is 64.6 Å². The van der Waals surface area contributed by atoms with Gasteiger partial charge in [0.15, 0.2) is 0 Å². The van der Waals surface area contributed by atoms with Crippen molar-refractivity contribution in [2.24, 2.45) is 5.41 Å². The fraction of sp³-hybridized carbons (Fsp3) is 0.857. The summed E-state index contributed by atoms with van der Waals surface area (Å²) in [5.41, 5.74) is -1.09. The lowest BCUT2D eigenvalue weighted by Gasteiger charge is -2.27. The predicted octanol–water partition coefficient (Wildman–Crippen LogP) is 2.63. The Morgan fingerprint density at radius 1 is 1.21 bits per heavy atom. The van der Waals surface area contributed by atoms with Gasteiger partial charge in [-0.2, -0.15) is 0 Å². The third kappa shape index (κ3) is 4.73. The second kappa shape index (κ2) is 6.26. The number of hydrogen-bond acceptors (Lipinski definition) is 4. The molecule has 1 fully saturated rings. The molecule has 5 nitrogen and oxygen atoms in total. The Morgan fingerprint density at radius 3 is 2.26 bits per heavy atom. The van der Waals surface area contributed by atoms with Crippen LogP contribution in [0.15, 0.2) is 0 Å². The van der Waals surface area contributed by atoms with Gasteiger partial charge in [0, 0.05) is 6.54 Å². The van der Waals surface area contributed by atoms with Crippen molar-refractivity contribution < 1.29 is 19.1 Å². The molecule has 0 aliphatic heterocycles. The number of amides is 1. The van der Waals surface area contributed by atoms with E-state index in [-0.39, 0.29) is 5.97 Å². The Bertz CT molecular complexity index is 327. The van der Waals surface area contributed by atoms with Gasteiger partial charge in [0.1, 0.15) is 5.60 Å². The second-order valence-corrected chi connectivity index (χ2v) is 6.06. The molecule has 19 heavy (non-hydrogen) atoms. The molecular formula is C14H25NO4. The number of hydrogen-bond donors (Lipinski definition) is 1. The fourth-order valence-corrected chi connectivity index (χ4v) is 2.34. The van der Waals surface area contributed by atoms with Gasteiger partial charge in [0.25, 0.3) is 0 Å². The summed E-state index contributed by atoms with van der Waals surface area (Å²) in [6.45, 7) is 7.88. The van der Waals surface area contributed by atoms with Gasteiger partial charge in [-0.05, 0) is 40.5 Å². The minimum absolute atomic E-state index is 0.205. The van der Waals surface area contributed by atoms with Crippen molar-refractivity contribution in [3.63, 3.8) is 0 Å². The molecule has 1 N–H and O–H groups in total. The Morgan fingerprint density at radius 2 is 1.79 bits per heavy atom. The van der Waals surface area contributed by atoms with Crippen molar-refractivity contribution in [2.75, 3.05) is 13.2 Å². The molecule has 0 saturated heterocycles. The van der Waals surface area contributed by atoms with Crippen LogP contribution in [-0.2, 0) is 14.3 Å². The Kier molecular flexibility index (Phi) is 5.20. The summed E-state index contributed by atoms with van der Waals surface area (Å²) in [7, 11) is 0. The molecule has 0 aromatic rings. The van der Waals surface area contributed by atoms with E-state index in [9.17, 15) is 9.59 Å². The molecule has 110 valence electrons. The van der Waals surface area contributed by atoms with Crippen LogP contribution in [-0.4, -0.2) is 30.8 Å². The van der Waals surface area contributed by atoms with E-state index in [1.54, 1.807) is 6.92 Å². The summed E-state index contributed by atoms with van der Waals surface area (Å²) < 4.78 is 10.3. The van der Waals surface area contributed by atoms with Gasteiger partial charge < -0.3 is 14.8 Å². The van der Waals surface area contributed by atoms with Crippen LogP contribution in [0.5, 0.6) is 0 Å². The molecular weight excluding hydrogens is 246 g/mol. The van der Waals surface area contributed by atoms with Crippen LogP contribution >= 0.6 is 0 Å². The molecule has 5 heteroatoms. The molecule has 0 atom stereocenters. The van der Waals surface area contributed by atoms with Gasteiger partial charge >= 0.3 is 12.1 Å². The van der Waals surface area contributed by atoms with Gasteiger partial charge in [0.2, 0.25) is 0 Å². The Balaban J connectivity index is 2.55. The number of carbonyl (C=O) groups excluding carboxylic acids is 2. The van der Waals surface area contributed by atoms with E-state index in [4.69, 9.17) is 9.47 Å². The lowest BCUT2D eigenvalue weighted by Crippen LogP contribution is -2.43. The maximum absolute atomic E-state index is 12.1. The van der Waals surface area contributed by atoms with E-state index >= 15 is 0 Å². The number of carbonyl (C=O) groups is 2. The van der Waals surface area contributed by atoms with Crippen LogP contribution in [0.1, 0.15) is 53.4 Å². The monoisotopic (exact) mass is 271 g/mol. The molecule has 1 rings (SSSR count). The van der Waals surface area contributed by atoms with Crippen LogP contribution in [0.4, 0.5) is 4.79 Å². The minimum atomic E-state index is -0.563. The maximum Gasteiger partial charge on any atom is 0.407 e. The average molecular weight is 271 g/mol. The lowest BCUT2D eigenvalue weighted by molar-refractivity contribution is -0.154. The first-order valence-electron chi connectivity index (χ1n) is 6.93. The lowest BCUT2D eigenvalue weighted by atomic mass is 9.86. The number of esters is 1. The molecule has 0 bridgehead atoms. The highest BCUT2D eigenvalue weighted by atomic mass is 16.6. The number of nitrogens with one attached hydrogen (secondary N) is 1. The molecule has 1 amide bonds. The summed E-state index contributed by atoms with van der Waals surface area (Å²) >= 11 is 0. The summed E-state index contributed by atoms with van der Waals surface area (Å²) in [5, 5.41) is 2.70. The number of alkyl carbamates (subject to hydrolysis) is 1. The fourth-order valence-electron chi connectivity index (χ4n) is 2.34. The SMILES string of the molecule is CCOC(=O)C1(CNC(=O)OC(C)(C)C)CCCC1. The Hall–Kier alpha value is -1.26. The van der Waals surface area contributed by atoms with Crippen LogP contribution in [0, 0.1) is 5.41 Å². The quantitative estimate of drug-likeness (QED) is 0.798. The zero-order valence-electron chi connectivity index (χ0n) is 12.4. The van der Waals surface area contributed by atoms with E-state index < -0.39 is 17.1 Å². The smallest absolute Gasteiger partial charge is 0.407 e. The van der Waals surface area contributed by atoms with Crippen molar-refractivity contribution in [3.05, 3.63) is 0 Å². The molecule has 0 aromatic heterocycles. The first-order valence-corrected chi connectivity index (χ1v) is 6.93. The number of rotatable bonds is 4. The van der Waals surface area contributed by atoms with Crippen molar-refractivity contribution in [3.8, 4) is 0 Å². The summed E-state index contributed by atoms with van der Waals surface area (Å²) in [5.74, 6) is -0.205. The molecule has 0 aromatic carbocycles. The van der Waals surface area contributed by atoms with Crippen LogP contribution < -0.4 is 5.32 Å².